The number of benzene rings is 1. The summed E-state index contributed by atoms with van der Waals surface area (Å²) in [5.41, 5.74) is 0.320. The molecule has 0 bridgehead atoms. The maximum Gasteiger partial charge on any atom is 0.152 e. The molecule has 1 aromatic carbocycles. The molecule has 0 radical (unpaired) electrons. The molecule has 0 aliphatic heterocycles. The third kappa shape index (κ3) is 2.01. The van der Waals surface area contributed by atoms with Crippen molar-refractivity contribution in [3.63, 3.8) is 0 Å². The summed E-state index contributed by atoms with van der Waals surface area (Å²) in [5.74, 6) is -1.51. The summed E-state index contributed by atoms with van der Waals surface area (Å²) < 4.78 is 26.1. The van der Waals surface area contributed by atoms with Crippen molar-refractivity contribution in [2.24, 2.45) is 0 Å². The molecule has 0 spiro atoms. The van der Waals surface area contributed by atoms with Crippen LogP contribution < -0.4 is 0 Å². The second kappa shape index (κ2) is 4.36. The molecular formula is C11H5Cl2F2N. The van der Waals surface area contributed by atoms with Gasteiger partial charge in [0.05, 0.1) is 16.2 Å². The zero-order valence-corrected chi connectivity index (χ0v) is 9.36. The van der Waals surface area contributed by atoms with E-state index in [1.807, 2.05) is 0 Å². The summed E-state index contributed by atoms with van der Waals surface area (Å²) in [5, 5.41) is 0.492. The van der Waals surface area contributed by atoms with Gasteiger partial charge >= 0.3 is 0 Å². The average Bonchev–Trinajstić information content (AvgIpc) is 2.23. The van der Waals surface area contributed by atoms with Crippen molar-refractivity contribution in [2.75, 3.05) is 0 Å². The first-order valence-corrected chi connectivity index (χ1v) is 5.10. The Kier molecular flexibility index (Phi) is 3.08. The van der Waals surface area contributed by atoms with Crippen LogP contribution >= 0.6 is 23.2 Å². The van der Waals surface area contributed by atoms with Gasteiger partial charge in [0.25, 0.3) is 0 Å². The Morgan fingerprint density at radius 3 is 2.56 bits per heavy atom. The van der Waals surface area contributed by atoms with Crippen LogP contribution in [0.4, 0.5) is 8.78 Å². The van der Waals surface area contributed by atoms with Gasteiger partial charge in [0, 0.05) is 11.6 Å². The molecule has 0 N–H and O–H groups in total. The highest BCUT2D eigenvalue weighted by molar-refractivity contribution is 6.43. The summed E-state index contributed by atoms with van der Waals surface area (Å²) >= 11 is 11.7. The van der Waals surface area contributed by atoms with Crippen molar-refractivity contribution in [1.82, 2.24) is 4.98 Å². The highest BCUT2D eigenvalue weighted by Crippen LogP contribution is 2.33. The maximum absolute atomic E-state index is 13.4. The normalized spacial score (nSPS) is 10.5. The summed E-state index contributed by atoms with van der Waals surface area (Å²) in [4.78, 5) is 3.66. The quantitative estimate of drug-likeness (QED) is 0.743. The number of aromatic nitrogens is 1. The van der Waals surface area contributed by atoms with E-state index in [0.717, 1.165) is 12.3 Å². The van der Waals surface area contributed by atoms with Crippen LogP contribution in [0.5, 0.6) is 0 Å². The first kappa shape index (κ1) is 11.3. The van der Waals surface area contributed by atoms with Crippen LogP contribution in [-0.2, 0) is 0 Å². The third-order valence-corrected chi connectivity index (χ3v) is 2.83. The lowest BCUT2D eigenvalue weighted by Gasteiger charge is -2.05. The number of nitrogens with zero attached hydrogens (tertiary/aromatic N) is 1. The van der Waals surface area contributed by atoms with Gasteiger partial charge in [-0.3, -0.25) is 4.98 Å². The lowest BCUT2D eigenvalue weighted by Crippen LogP contribution is -1.92. The molecular weight excluding hydrogens is 255 g/mol. The molecule has 0 saturated carbocycles. The molecule has 0 aliphatic carbocycles. The molecule has 0 atom stereocenters. The molecule has 1 aromatic heterocycles. The number of hydrogen-bond donors (Lipinski definition) is 0. The van der Waals surface area contributed by atoms with Crippen LogP contribution in [0.3, 0.4) is 0 Å². The van der Waals surface area contributed by atoms with Crippen LogP contribution in [0, 0.1) is 11.6 Å². The molecule has 0 saturated heterocycles. The minimum Gasteiger partial charge on any atom is -0.250 e. The van der Waals surface area contributed by atoms with Gasteiger partial charge in [-0.15, -0.1) is 0 Å². The lowest BCUT2D eigenvalue weighted by molar-refractivity contribution is 0.576. The summed E-state index contributed by atoms with van der Waals surface area (Å²) in [6.45, 7) is 0. The van der Waals surface area contributed by atoms with Crippen molar-refractivity contribution in [3.05, 3.63) is 52.1 Å². The highest BCUT2D eigenvalue weighted by Gasteiger charge is 2.13. The third-order valence-electron chi connectivity index (χ3n) is 2.01. The van der Waals surface area contributed by atoms with E-state index in [1.165, 1.54) is 0 Å². The maximum atomic E-state index is 13.4. The Bertz CT molecular complexity index is 544. The van der Waals surface area contributed by atoms with Crippen LogP contribution in [0.25, 0.3) is 11.3 Å². The smallest absolute Gasteiger partial charge is 0.152 e. The second-order valence-corrected chi connectivity index (χ2v) is 3.87. The molecule has 82 valence electrons. The van der Waals surface area contributed by atoms with Gasteiger partial charge < -0.3 is 0 Å². The van der Waals surface area contributed by atoms with Gasteiger partial charge in [0.15, 0.2) is 5.82 Å². The molecule has 5 heteroatoms. The van der Waals surface area contributed by atoms with Crippen molar-refractivity contribution in [3.8, 4) is 11.3 Å². The minimum atomic E-state index is -0.774. The predicted molar refractivity (Wildman–Crippen MR) is 59.6 cm³/mol. The molecule has 1 heterocycles. The monoisotopic (exact) mass is 259 g/mol. The number of hydrogen-bond acceptors (Lipinski definition) is 1. The van der Waals surface area contributed by atoms with E-state index < -0.39 is 11.6 Å². The fraction of sp³-hybridized carbons (Fsp3) is 0. The fourth-order valence-corrected chi connectivity index (χ4v) is 1.69. The Morgan fingerprint density at radius 1 is 1.12 bits per heavy atom. The van der Waals surface area contributed by atoms with E-state index in [2.05, 4.69) is 4.98 Å². The van der Waals surface area contributed by atoms with Gasteiger partial charge in [0.1, 0.15) is 11.5 Å². The van der Waals surface area contributed by atoms with Gasteiger partial charge in [-0.1, -0.05) is 35.3 Å². The van der Waals surface area contributed by atoms with Crippen molar-refractivity contribution in [2.45, 2.75) is 0 Å². The van der Waals surface area contributed by atoms with Crippen molar-refractivity contribution >= 4 is 23.2 Å². The van der Waals surface area contributed by atoms with E-state index in [0.29, 0.717) is 10.6 Å². The highest BCUT2D eigenvalue weighted by atomic mass is 35.5. The summed E-state index contributed by atoms with van der Waals surface area (Å²) in [6.07, 6.45) is 0.926. The summed E-state index contributed by atoms with van der Waals surface area (Å²) in [7, 11) is 0. The largest absolute Gasteiger partial charge is 0.250 e. The average molecular weight is 260 g/mol. The van der Waals surface area contributed by atoms with E-state index >= 15 is 0 Å². The van der Waals surface area contributed by atoms with Crippen LogP contribution in [0.1, 0.15) is 0 Å². The number of halogens is 4. The molecule has 0 fully saturated rings. The van der Waals surface area contributed by atoms with Crippen LogP contribution in [0.2, 0.25) is 10.0 Å². The van der Waals surface area contributed by atoms with Gasteiger partial charge in [-0.2, -0.15) is 0 Å². The Hall–Kier alpha value is -1.19. The molecule has 16 heavy (non-hydrogen) atoms. The summed E-state index contributed by atoms with van der Waals surface area (Å²) in [6, 6.07) is 5.51. The number of pyridine rings is 1. The molecule has 0 amide bonds. The van der Waals surface area contributed by atoms with Gasteiger partial charge in [-0.25, -0.2) is 8.78 Å². The molecule has 2 aromatic rings. The van der Waals surface area contributed by atoms with E-state index in [4.69, 9.17) is 23.2 Å². The molecule has 1 nitrogen and oxygen atoms in total. The minimum absolute atomic E-state index is 0.0195. The SMILES string of the molecule is Fc1cnc(-c2cccc(Cl)c2Cl)c(F)c1. The molecule has 0 aliphatic rings. The van der Waals surface area contributed by atoms with E-state index in [-0.39, 0.29) is 10.7 Å². The first-order chi connectivity index (χ1) is 7.59. The van der Waals surface area contributed by atoms with Crippen LogP contribution in [-0.4, -0.2) is 4.98 Å². The lowest BCUT2D eigenvalue weighted by atomic mass is 10.1. The molecule has 2 rings (SSSR count). The first-order valence-electron chi connectivity index (χ1n) is 4.35. The Balaban J connectivity index is 2.63. The van der Waals surface area contributed by atoms with Gasteiger partial charge in [-0.05, 0) is 6.07 Å². The predicted octanol–water partition coefficient (Wildman–Crippen LogP) is 4.33. The van der Waals surface area contributed by atoms with Crippen LogP contribution in [0.15, 0.2) is 30.5 Å². The zero-order valence-electron chi connectivity index (χ0n) is 7.85. The van der Waals surface area contributed by atoms with Gasteiger partial charge in [0.2, 0.25) is 0 Å². The zero-order chi connectivity index (χ0) is 11.7. The van der Waals surface area contributed by atoms with Crippen molar-refractivity contribution < 1.29 is 8.78 Å². The standard InChI is InChI=1S/C11H5Cl2F2N/c12-8-3-1-2-7(10(8)13)11-9(15)4-6(14)5-16-11/h1-5H. The Morgan fingerprint density at radius 2 is 1.88 bits per heavy atom. The fourth-order valence-electron chi connectivity index (χ4n) is 1.30. The van der Waals surface area contributed by atoms with E-state index in [1.54, 1.807) is 18.2 Å². The Labute approximate surface area is 101 Å². The van der Waals surface area contributed by atoms with E-state index in [9.17, 15) is 8.78 Å². The molecule has 0 unspecified atom stereocenters. The second-order valence-electron chi connectivity index (χ2n) is 3.09. The number of rotatable bonds is 1. The van der Waals surface area contributed by atoms with Crippen molar-refractivity contribution in [1.29, 1.82) is 0 Å². The topological polar surface area (TPSA) is 12.9 Å².